The van der Waals surface area contributed by atoms with Crippen molar-refractivity contribution >= 4 is 12.0 Å². The largest absolute Gasteiger partial charge is 0.481 e. The molecule has 0 radical (unpaired) electrons. The van der Waals surface area contributed by atoms with Gasteiger partial charge >= 0.3 is 12.0 Å². The molecule has 2 amide bonds. The summed E-state index contributed by atoms with van der Waals surface area (Å²) in [4.78, 5) is 25.0. The normalized spacial score (nSPS) is 16.5. The van der Waals surface area contributed by atoms with Crippen LogP contribution in [0.5, 0.6) is 0 Å². The first-order chi connectivity index (χ1) is 8.81. The highest BCUT2D eigenvalue weighted by molar-refractivity contribution is 5.76. The molecular formula is C14H26N2O3. The number of carbonyl (C=O) groups excluding carboxylic acids is 1. The Kier molecular flexibility index (Phi) is 5.63. The minimum absolute atomic E-state index is 0.0242. The van der Waals surface area contributed by atoms with Gasteiger partial charge in [0, 0.05) is 18.6 Å². The lowest BCUT2D eigenvalue weighted by atomic mass is 10.0. The Hall–Kier alpha value is -1.26. The first-order valence-corrected chi connectivity index (χ1v) is 7.10. The number of hydrogen-bond donors (Lipinski definition) is 2. The molecule has 110 valence electrons. The van der Waals surface area contributed by atoms with Crippen LogP contribution in [0.1, 0.15) is 47.0 Å². The average Bonchev–Trinajstić information content (AvgIpc) is 3.07. The first kappa shape index (κ1) is 15.8. The van der Waals surface area contributed by atoms with Crippen molar-refractivity contribution in [3.05, 3.63) is 0 Å². The molecule has 0 aromatic heterocycles. The van der Waals surface area contributed by atoms with Crippen molar-refractivity contribution < 1.29 is 14.7 Å². The lowest BCUT2D eigenvalue weighted by Crippen LogP contribution is -2.49. The van der Waals surface area contributed by atoms with Crippen LogP contribution in [0.15, 0.2) is 0 Å². The Balaban J connectivity index is 2.60. The predicted octanol–water partition coefficient (Wildman–Crippen LogP) is 2.32. The van der Waals surface area contributed by atoms with E-state index >= 15 is 0 Å². The van der Waals surface area contributed by atoms with Crippen LogP contribution in [0.3, 0.4) is 0 Å². The van der Waals surface area contributed by atoms with E-state index in [2.05, 4.69) is 19.2 Å². The number of carbonyl (C=O) groups is 2. The summed E-state index contributed by atoms with van der Waals surface area (Å²) in [5, 5.41) is 11.8. The highest BCUT2D eigenvalue weighted by Gasteiger charge is 2.34. The zero-order valence-electron chi connectivity index (χ0n) is 12.3. The minimum Gasteiger partial charge on any atom is -0.481 e. The molecule has 1 fully saturated rings. The summed E-state index contributed by atoms with van der Waals surface area (Å²) >= 11 is 0. The maximum Gasteiger partial charge on any atom is 0.317 e. The van der Waals surface area contributed by atoms with E-state index in [0.29, 0.717) is 12.0 Å². The van der Waals surface area contributed by atoms with E-state index in [0.717, 1.165) is 19.4 Å². The van der Waals surface area contributed by atoms with Gasteiger partial charge in [0.15, 0.2) is 0 Å². The van der Waals surface area contributed by atoms with Gasteiger partial charge in [-0.1, -0.05) is 27.7 Å². The third-order valence-corrected chi connectivity index (χ3v) is 3.32. The first-order valence-electron chi connectivity index (χ1n) is 7.10. The molecular weight excluding hydrogens is 244 g/mol. The van der Waals surface area contributed by atoms with Crippen LogP contribution in [0.4, 0.5) is 4.79 Å². The molecule has 0 heterocycles. The Bertz CT molecular complexity index is 325. The predicted molar refractivity (Wildman–Crippen MR) is 74.0 cm³/mol. The molecule has 0 bridgehead atoms. The molecule has 2 N–H and O–H groups in total. The van der Waals surface area contributed by atoms with E-state index in [9.17, 15) is 9.59 Å². The number of hydrogen-bond acceptors (Lipinski definition) is 2. The standard InChI is InChI=1S/C14H26N2O3/c1-9(2)8-16(11-5-6-11)14(19)15-12(10(3)4)7-13(17)18/h9-12H,5-8H2,1-4H3,(H,15,19)(H,17,18). The fraction of sp³-hybridized carbons (Fsp3) is 0.857. The molecule has 5 nitrogen and oxygen atoms in total. The van der Waals surface area contributed by atoms with Crippen LogP contribution in [-0.2, 0) is 4.79 Å². The fourth-order valence-corrected chi connectivity index (χ4v) is 2.06. The SMILES string of the molecule is CC(C)CN(C(=O)NC(CC(=O)O)C(C)C)C1CC1. The Morgan fingerprint density at radius 2 is 1.84 bits per heavy atom. The maximum atomic E-state index is 12.3. The highest BCUT2D eigenvalue weighted by Crippen LogP contribution is 2.27. The molecule has 19 heavy (non-hydrogen) atoms. The Labute approximate surface area is 115 Å². The molecule has 1 rings (SSSR count). The van der Waals surface area contributed by atoms with Crippen LogP contribution in [-0.4, -0.2) is 40.6 Å². The summed E-state index contributed by atoms with van der Waals surface area (Å²) in [6.07, 6.45) is 2.10. The number of urea groups is 1. The summed E-state index contributed by atoms with van der Waals surface area (Å²) < 4.78 is 0. The van der Waals surface area contributed by atoms with Gasteiger partial charge in [-0.2, -0.15) is 0 Å². The van der Waals surface area contributed by atoms with Crippen molar-refractivity contribution in [1.29, 1.82) is 0 Å². The molecule has 1 unspecified atom stereocenters. The molecule has 0 aliphatic heterocycles. The van der Waals surface area contributed by atoms with Crippen molar-refractivity contribution in [2.45, 2.75) is 59.0 Å². The van der Waals surface area contributed by atoms with E-state index in [1.54, 1.807) is 0 Å². The third kappa shape index (κ3) is 5.49. The van der Waals surface area contributed by atoms with Gasteiger partial charge in [-0.3, -0.25) is 4.79 Å². The second-order valence-electron chi connectivity index (χ2n) is 6.18. The lowest BCUT2D eigenvalue weighted by molar-refractivity contribution is -0.137. The van der Waals surface area contributed by atoms with Crippen LogP contribution in [0.2, 0.25) is 0 Å². The number of amides is 2. The number of carboxylic acids is 1. The minimum atomic E-state index is -0.874. The second kappa shape index (κ2) is 6.78. The van der Waals surface area contributed by atoms with Gasteiger partial charge in [0.1, 0.15) is 0 Å². The molecule has 0 saturated heterocycles. The van der Waals surface area contributed by atoms with Crippen molar-refractivity contribution in [2.24, 2.45) is 11.8 Å². The summed E-state index contributed by atoms with van der Waals surface area (Å²) in [5.74, 6) is -0.343. The van der Waals surface area contributed by atoms with Crippen molar-refractivity contribution in [1.82, 2.24) is 10.2 Å². The fourth-order valence-electron chi connectivity index (χ4n) is 2.06. The number of rotatable bonds is 7. The van der Waals surface area contributed by atoms with E-state index in [-0.39, 0.29) is 24.4 Å². The molecule has 1 aliphatic carbocycles. The zero-order valence-corrected chi connectivity index (χ0v) is 12.3. The van der Waals surface area contributed by atoms with Crippen LogP contribution in [0.25, 0.3) is 0 Å². The smallest absolute Gasteiger partial charge is 0.317 e. The van der Waals surface area contributed by atoms with Crippen molar-refractivity contribution in [3.63, 3.8) is 0 Å². The van der Waals surface area contributed by atoms with Gasteiger partial charge in [-0.15, -0.1) is 0 Å². The highest BCUT2D eigenvalue weighted by atomic mass is 16.4. The number of nitrogens with zero attached hydrogens (tertiary/aromatic N) is 1. The van der Waals surface area contributed by atoms with Gasteiger partial charge in [-0.25, -0.2) is 4.79 Å². The molecule has 0 aromatic carbocycles. The van der Waals surface area contributed by atoms with E-state index < -0.39 is 5.97 Å². The van der Waals surface area contributed by atoms with Gasteiger partial charge in [-0.05, 0) is 24.7 Å². The summed E-state index contributed by atoms with van der Waals surface area (Å²) in [6.45, 7) is 8.75. The van der Waals surface area contributed by atoms with E-state index in [1.165, 1.54) is 0 Å². The Morgan fingerprint density at radius 1 is 1.26 bits per heavy atom. The maximum absolute atomic E-state index is 12.3. The zero-order chi connectivity index (χ0) is 14.6. The van der Waals surface area contributed by atoms with Crippen molar-refractivity contribution in [2.75, 3.05) is 6.54 Å². The number of nitrogens with one attached hydrogen (secondary N) is 1. The van der Waals surface area contributed by atoms with Crippen LogP contribution < -0.4 is 5.32 Å². The van der Waals surface area contributed by atoms with E-state index in [1.807, 2.05) is 18.7 Å². The molecule has 1 saturated carbocycles. The van der Waals surface area contributed by atoms with Crippen LogP contribution >= 0.6 is 0 Å². The van der Waals surface area contributed by atoms with E-state index in [4.69, 9.17) is 5.11 Å². The van der Waals surface area contributed by atoms with Gasteiger partial charge in [0.05, 0.1) is 6.42 Å². The molecule has 5 heteroatoms. The van der Waals surface area contributed by atoms with Crippen LogP contribution in [0, 0.1) is 11.8 Å². The molecule has 1 atom stereocenters. The number of aliphatic carboxylic acids is 1. The lowest BCUT2D eigenvalue weighted by Gasteiger charge is -2.28. The molecule has 0 spiro atoms. The Morgan fingerprint density at radius 3 is 2.21 bits per heavy atom. The topological polar surface area (TPSA) is 69.6 Å². The summed E-state index contributed by atoms with van der Waals surface area (Å²) in [7, 11) is 0. The monoisotopic (exact) mass is 270 g/mol. The number of carboxylic acid groups (broad SMARTS) is 1. The van der Waals surface area contributed by atoms with Gasteiger partial charge in [0.2, 0.25) is 0 Å². The van der Waals surface area contributed by atoms with Crippen molar-refractivity contribution in [3.8, 4) is 0 Å². The molecule has 0 aromatic rings. The average molecular weight is 270 g/mol. The summed E-state index contributed by atoms with van der Waals surface area (Å²) in [5.41, 5.74) is 0. The van der Waals surface area contributed by atoms with Gasteiger partial charge in [0.25, 0.3) is 0 Å². The quantitative estimate of drug-likeness (QED) is 0.746. The second-order valence-corrected chi connectivity index (χ2v) is 6.18. The molecule has 1 aliphatic rings. The third-order valence-electron chi connectivity index (χ3n) is 3.32. The van der Waals surface area contributed by atoms with Gasteiger partial charge < -0.3 is 15.3 Å². The summed E-state index contributed by atoms with van der Waals surface area (Å²) in [6, 6.07) is -0.0744.